The zero-order chi connectivity index (χ0) is 23.8. The molecule has 0 aromatic heterocycles. The molecule has 0 saturated carbocycles. The van der Waals surface area contributed by atoms with Crippen molar-refractivity contribution in [1.82, 2.24) is 10.2 Å². The number of benzene rings is 2. The number of rotatable bonds is 11. The Bertz CT molecular complexity index is 981. The minimum atomic E-state index is -0.449. The number of nitrogens with one attached hydrogen (secondary N) is 1. The number of nitrogens with zero attached hydrogens (tertiary/aromatic N) is 1. The Morgan fingerprint density at radius 1 is 0.939 bits per heavy atom. The molecule has 1 heterocycles. The summed E-state index contributed by atoms with van der Waals surface area (Å²) >= 11 is 0. The number of esters is 1. The normalized spacial score (nSPS) is 13.6. The summed E-state index contributed by atoms with van der Waals surface area (Å²) < 4.78 is 5.05. The van der Waals surface area contributed by atoms with Gasteiger partial charge in [0.05, 0.1) is 30.2 Å². The number of hydrogen-bond donors (Lipinski definition) is 1. The first kappa shape index (κ1) is 24.2. The van der Waals surface area contributed by atoms with Gasteiger partial charge in [-0.2, -0.15) is 0 Å². The molecule has 0 radical (unpaired) electrons. The fourth-order valence-corrected chi connectivity index (χ4v) is 3.88. The van der Waals surface area contributed by atoms with E-state index in [1.807, 2.05) is 31.2 Å². The minimum absolute atomic E-state index is 0.0718. The largest absolute Gasteiger partial charge is 0.466 e. The quantitative estimate of drug-likeness (QED) is 0.318. The van der Waals surface area contributed by atoms with Gasteiger partial charge < -0.3 is 10.1 Å². The SMILES string of the molecule is CCOC(=O)CC(NC(=O)CCCCCN1C(=O)c2ccccc2C1=O)c1ccc(C)cc1. The molecule has 0 saturated heterocycles. The van der Waals surface area contributed by atoms with Gasteiger partial charge in [-0.05, 0) is 44.4 Å². The third-order valence-electron chi connectivity index (χ3n) is 5.65. The number of aryl methyl sites for hydroxylation is 1. The molecule has 7 nitrogen and oxygen atoms in total. The molecule has 1 atom stereocenters. The van der Waals surface area contributed by atoms with Crippen LogP contribution in [-0.2, 0) is 14.3 Å². The van der Waals surface area contributed by atoms with E-state index in [1.165, 1.54) is 4.90 Å². The zero-order valence-corrected chi connectivity index (χ0v) is 19.1. The van der Waals surface area contributed by atoms with Crippen LogP contribution in [0, 0.1) is 6.92 Å². The van der Waals surface area contributed by atoms with E-state index in [4.69, 9.17) is 4.74 Å². The lowest BCUT2D eigenvalue weighted by Gasteiger charge is -2.19. The van der Waals surface area contributed by atoms with E-state index in [-0.39, 0.29) is 30.1 Å². The minimum Gasteiger partial charge on any atom is -0.466 e. The van der Waals surface area contributed by atoms with Crippen molar-refractivity contribution >= 4 is 23.7 Å². The first-order chi connectivity index (χ1) is 15.9. The molecule has 3 rings (SSSR count). The van der Waals surface area contributed by atoms with Crippen LogP contribution in [0.2, 0.25) is 0 Å². The Morgan fingerprint density at radius 3 is 2.18 bits per heavy atom. The number of ether oxygens (including phenoxy) is 1. The van der Waals surface area contributed by atoms with E-state index < -0.39 is 6.04 Å². The van der Waals surface area contributed by atoms with Crippen molar-refractivity contribution < 1.29 is 23.9 Å². The molecule has 33 heavy (non-hydrogen) atoms. The second-order valence-corrected chi connectivity index (χ2v) is 8.16. The number of fused-ring (bicyclic) bond motifs is 1. The highest BCUT2D eigenvalue weighted by Crippen LogP contribution is 2.23. The molecule has 0 aliphatic carbocycles. The highest BCUT2D eigenvalue weighted by Gasteiger charge is 2.34. The van der Waals surface area contributed by atoms with Crippen molar-refractivity contribution in [2.75, 3.05) is 13.2 Å². The van der Waals surface area contributed by atoms with Crippen molar-refractivity contribution in [2.24, 2.45) is 0 Å². The van der Waals surface area contributed by atoms with Crippen molar-refractivity contribution in [1.29, 1.82) is 0 Å². The van der Waals surface area contributed by atoms with E-state index in [1.54, 1.807) is 31.2 Å². The van der Waals surface area contributed by atoms with Gasteiger partial charge in [0.2, 0.25) is 5.91 Å². The molecule has 2 aromatic carbocycles. The van der Waals surface area contributed by atoms with Crippen LogP contribution in [0.1, 0.15) is 76.9 Å². The van der Waals surface area contributed by atoms with Crippen molar-refractivity contribution in [3.8, 4) is 0 Å². The first-order valence-electron chi connectivity index (χ1n) is 11.4. The summed E-state index contributed by atoms with van der Waals surface area (Å²) in [6.45, 7) is 4.35. The van der Waals surface area contributed by atoms with Gasteiger partial charge >= 0.3 is 5.97 Å². The van der Waals surface area contributed by atoms with Crippen LogP contribution in [0.4, 0.5) is 0 Å². The van der Waals surface area contributed by atoms with Crippen molar-refractivity contribution in [3.63, 3.8) is 0 Å². The van der Waals surface area contributed by atoms with Gasteiger partial charge in [-0.3, -0.25) is 24.1 Å². The fraction of sp³-hybridized carbons (Fsp3) is 0.385. The summed E-state index contributed by atoms with van der Waals surface area (Å²) in [5.41, 5.74) is 2.85. The van der Waals surface area contributed by atoms with Crippen molar-refractivity contribution in [2.45, 2.75) is 52.0 Å². The van der Waals surface area contributed by atoms with E-state index in [0.717, 1.165) is 11.1 Å². The molecule has 1 unspecified atom stereocenters. The Kier molecular flexibility index (Phi) is 8.35. The summed E-state index contributed by atoms with van der Waals surface area (Å²) in [6.07, 6.45) is 2.32. The van der Waals surface area contributed by atoms with Crippen LogP contribution in [0.15, 0.2) is 48.5 Å². The van der Waals surface area contributed by atoms with E-state index in [2.05, 4.69) is 5.32 Å². The summed E-state index contributed by atoms with van der Waals surface area (Å²) in [5.74, 6) is -1.02. The lowest BCUT2D eigenvalue weighted by atomic mass is 10.0. The molecular formula is C26H30N2O5. The molecular weight excluding hydrogens is 420 g/mol. The number of amides is 3. The lowest BCUT2D eigenvalue weighted by Crippen LogP contribution is -2.31. The van der Waals surface area contributed by atoms with Gasteiger partial charge in [0.25, 0.3) is 11.8 Å². The van der Waals surface area contributed by atoms with Crippen molar-refractivity contribution in [3.05, 3.63) is 70.8 Å². The molecule has 7 heteroatoms. The van der Waals surface area contributed by atoms with Crippen LogP contribution >= 0.6 is 0 Å². The molecule has 2 aromatic rings. The lowest BCUT2D eigenvalue weighted by molar-refractivity contribution is -0.143. The number of imide groups is 1. The van der Waals surface area contributed by atoms with Gasteiger partial charge in [-0.15, -0.1) is 0 Å². The molecule has 1 aliphatic rings. The first-order valence-corrected chi connectivity index (χ1v) is 11.4. The number of carbonyl (C=O) groups is 4. The Balaban J connectivity index is 1.45. The Hall–Kier alpha value is -3.48. The van der Waals surface area contributed by atoms with Crippen LogP contribution in [0.3, 0.4) is 0 Å². The van der Waals surface area contributed by atoms with Gasteiger partial charge in [0.1, 0.15) is 0 Å². The van der Waals surface area contributed by atoms with Gasteiger partial charge in [0.15, 0.2) is 0 Å². The molecule has 1 N–H and O–H groups in total. The van der Waals surface area contributed by atoms with Crippen LogP contribution < -0.4 is 5.32 Å². The van der Waals surface area contributed by atoms with Gasteiger partial charge in [-0.25, -0.2) is 0 Å². The monoisotopic (exact) mass is 450 g/mol. The second-order valence-electron chi connectivity index (χ2n) is 8.16. The number of unbranched alkanes of at least 4 members (excludes halogenated alkanes) is 2. The third kappa shape index (κ3) is 6.28. The summed E-state index contributed by atoms with van der Waals surface area (Å²) in [6, 6.07) is 14.1. The average Bonchev–Trinajstić information content (AvgIpc) is 3.04. The predicted octanol–water partition coefficient (Wildman–Crippen LogP) is 3.96. The highest BCUT2D eigenvalue weighted by molar-refractivity contribution is 6.21. The van der Waals surface area contributed by atoms with Crippen LogP contribution in [0.25, 0.3) is 0 Å². The molecule has 0 spiro atoms. The summed E-state index contributed by atoms with van der Waals surface area (Å²) in [7, 11) is 0. The molecule has 174 valence electrons. The maximum Gasteiger partial charge on any atom is 0.308 e. The molecule has 1 aliphatic heterocycles. The Morgan fingerprint density at radius 2 is 1.58 bits per heavy atom. The summed E-state index contributed by atoms with van der Waals surface area (Å²) in [4.78, 5) is 50.6. The van der Waals surface area contributed by atoms with E-state index >= 15 is 0 Å². The fourth-order valence-electron chi connectivity index (χ4n) is 3.88. The topological polar surface area (TPSA) is 92.8 Å². The Labute approximate surface area is 194 Å². The molecule has 3 amide bonds. The van der Waals surface area contributed by atoms with Crippen LogP contribution in [-0.4, -0.2) is 41.7 Å². The summed E-state index contributed by atoms with van der Waals surface area (Å²) in [5, 5.41) is 2.94. The average molecular weight is 451 g/mol. The van der Waals surface area contributed by atoms with E-state index in [9.17, 15) is 19.2 Å². The zero-order valence-electron chi connectivity index (χ0n) is 19.1. The highest BCUT2D eigenvalue weighted by atomic mass is 16.5. The third-order valence-corrected chi connectivity index (χ3v) is 5.65. The number of hydrogen-bond acceptors (Lipinski definition) is 5. The van der Waals surface area contributed by atoms with E-state index in [0.29, 0.717) is 50.0 Å². The molecule has 0 bridgehead atoms. The predicted molar refractivity (Wildman–Crippen MR) is 124 cm³/mol. The standard InChI is InChI=1S/C26H30N2O5/c1-3-33-24(30)17-22(19-14-12-18(2)13-15-19)27-23(29)11-5-4-8-16-28-25(31)20-9-6-7-10-21(20)26(28)32/h6-7,9-10,12-15,22H,3-5,8,11,16-17H2,1-2H3,(H,27,29). The number of carbonyl (C=O) groups excluding carboxylic acids is 4. The maximum atomic E-state index is 12.5. The maximum absolute atomic E-state index is 12.5. The van der Waals surface area contributed by atoms with Crippen LogP contribution in [0.5, 0.6) is 0 Å². The molecule has 0 fully saturated rings. The van der Waals surface area contributed by atoms with Gasteiger partial charge in [-0.1, -0.05) is 48.4 Å². The smallest absolute Gasteiger partial charge is 0.308 e. The van der Waals surface area contributed by atoms with Gasteiger partial charge in [0, 0.05) is 13.0 Å². The second kappa shape index (κ2) is 11.4.